The maximum atomic E-state index is 12.5. The molecule has 0 aromatic heterocycles. The van der Waals surface area contributed by atoms with Crippen LogP contribution in [0.1, 0.15) is 17.5 Å². The number of amides is 3. The lowest BCUT2D eigenvalue weighted by molar-refractivity contribution is -0.134. The van der Waals surface area contributed by atoms with E-state index in [-0.39, 0.29) is 30.7 Å². The molecule has 0 fully saturated rings. The minimum atomic E-state index is -0.507. The smallest absolute Gasteiger partial charge is 0.243 e. The molecule has 1 aliphatic heterocycles. The van der Waals surface area contributed by atoms with Crippen molar-refractivity contribution in [1.82, 2.24) is 4.90 Å². The highest BCUT2D eigenvalue weighted by atomic mass is 32.2. The van der Waals surface area contributed by atoms with E-state index < -0.39 is 5.25 Å². The number of nitrogens with zero attached hydrogens (tertiary/aromatic N) is 1. The summed E-state index contributed by atoms with van der Waals surface area (Å²) >= 11 is 1.38. The number of anilines is 2. The fraction of sp³-hybridized carbons (Fsp3) is 0.286. The molecule has 2 aromatic carbocycles. The SMILES string of the molecule is Cc1cccc(NC(=O)CN(C)C(=O)CC2Sc3ccccc3NC2=O)c1C. The molecule has 2 N–H and O–H groups in total. The first kappa shape index (κ1) is 19.9. The number of aryl methyl sites for hydroxylation is 1. The molecule has 6 nitrogen and oxygen atoms in total. The van der Waals surface area contributed by atoms with E-state index in [9.17, 15) is 14.4 Å². The number of carbonyl (C=O) groups is 3. The molecule has 0 aliphatic carbocycles. The fourth-order valence-corrected chi connectivity index (χ4v) is 4.02. The first-order valence-corrected chi connectivity index (χ1v) is 9.89. The van der Waals surface area contributed by atoms with E-state index in [0.29, 0.717) is 0 Å². The topological polar surface area (TPSA) is 78.5 Å². The number of benzene rings is 2. The summed E-state index contributed by atoms with van der Waals surface area (Å²) in [7, 11) is 1.57. The summed E-state index contributed by atoms with van der Waals surface area (Å²) in [5, 5.41) is 5.17. The molecule has 7 heteroatoms. The molecule has 1 unspecified atom stereocenters. The second-order valence-electron chi connectivity index (χ2n) is 6.84. The molecule has 28 heavy (non-hydrogen) atoms. The number of likely N-dealkylation sites (N-methyl/N-ethyl adjacent to an activating group) is 1. The molecule has 2 aromatic rings. The van der Waals surface area contributed by atoms with Gasteiger partial charge in [0.15, 0.2) is 0 Å². The monoisotopic (exact) mass is 397 g/mol. The lowest BCUT2D eigenvalue weighted by Gasteiger charge is -2.25. The summed E-state index contributed by atoms with van der Waals surface area (Å²) < 4.78 is 0. The van der Waals surface area contributed by atoms with Crippen LogP contribution in [0.4, 0.5) is 11.4 Å². The van der Waals surface area contributed by atoms with Gasteiger partial charge >= 0.3 is 0 Å². The Bertz CT molecular complexity index is 929. The number of rotatable bonds is 5. The van der Waals surface area contributed by atoms with Crippen LogP contribution in [-0.4, -0.2) is 41.5 Å². The van der Waals surface area contributed by atoms with Crippen molar-refractivity contribution in [2.75, 3.05) is 24.2 Å². The van der Waals surface area contributed by atoms with Gasteiger partial charge in [-0.05, 0) is 43.2 Å². The molecule has 1 aliphatic rings. The summed E-state index contributed by atoms with van der Waals surface area (Å²) in [5.74, 6) is -0.705. The largest absolute Gasteiger partial charge is 0.336 e. The van der Waals surface area contributed by atoms with Gasteiger partial charge in [-0.2, -0.15) is 0 Å². The maximum Gasteiger partial charge on any atom is 0.243 e. The van der Waals surface area contributed by atoms with Crippen molar-refractivity contribution in [1.29, 1.82) is 0 Å². The van der Waals surface area contributed by atoms with Crippen molar-refractivity contribution in [3.63, 3.8) is 0 Å². The average molecular weight is 398 g/mol. The Kier molecular flexibility index (Phi) is 6.04. The molecule has 0 bridgehead atoms. The van der Waals surface area contributed by atoms with Gasteiger partial charge in [0.25, 0.3) is 0 Å². The van der Waals surface area contributed by atoms with Crippen molar-refractivity contribution in [3.8, 4) is 0 Å². The average Bonchev–Trinajstić information content (AvgIpc) is 2.66. The van der Waals surface area contributed by atoms with Crippen LogP contribution in [0.3, 0.4) is 0 Å². The summed E-state index contributed by atoms with van der Waals surface area (Å²) in [4.78, 5) is 39.4. The predicted molar refractivity (Wildman–Crippen MR) is 112 cm³/mol. The van der Waals surface area contributed by atoms with E-state index in [1.807, 2.05) is 56.3 Å². The first-order chi connectivity index (χ1) is 13.3. The van der Waals surface area contributed by atoms with Gasteiger partial charge in [0.05, 0.1) is 17.5 Å². The van der Waals surface area contributed by atoms with Gasteiger partial charge in [-0.15, -0.1) is 11.8 Å². The molecule has 0 saturated carbocycles. The Hall–Kier alpha value is -2.80. The number of nitrogens with one attached hydrogen (secondary N) is 2. The standard InChI is InChI=1S/C21H23N3O3S/c1-13-7-6-9-15(14(13)2)22-19(25)12-24(3)20(26)11-18-21(27)23-16-8-4-5-10-17(16)28-18/h4-10,18H,11-12H2,1-3H3,(H,22,25)(H,23,27). The highest BCUT2D eigenvalue weighted by Crippen LogP contribution is 2.36. The van der Waals surface area contributed by atoms with Crippen molar-refractivity contribution in [3.05, 3.63) is 53.6 Å². The molecule has 3 rings (SSSR count). The number of fused-ring (bicyclic) bond motifs is 1. The van der Waals surface area contributed by atoms with E-state index in [4.69, 9.17) is 0 Å². The zero-order chi connectivity index (χ0) is 20.3. The van der Waals surface area contributed by atoms with Crippen LogP contribution in [0.5, 0.6) is 0 Å². The number of hydrogen-bond donors (Lipinski definition) is 2. The number of hydrogen-bond acceptors (Lipinski definition) is 4. The lowest BCUT2D eigenvalue weighted by Crippen LogP contribution is -2.39. The van der Waals surface area contributed by atoms with Crippen LogP contribution in [0, 0.1) is 13.8 Å². The van der Waals surface area contributed by atoms with Gasteiger partial charge < -0.3 is 15.5 Å². The third-order valence-electron chi connectivity index (χ3n) is 4.75. The molecule has 0 spiro atoms. The van der Waals surface area contributed by atoms with E-state index in [1.165, 1.54) is 16.7 Å². The van der Waals surface area contributed by atoms with Crippen LogP contribution in [0.25, 0.3) is 0 Å². The highest BCUT2D eigenvalue weighted by molar-refractivity contribution is 8.01. The molecule has 1 heterocycles. The van der Waals surface area contributed by atoms with Crippen LogP contribution in [0.2, 0.25) is 0 Å². The van der Waals surface area contributed by atoms with Gasteiger partial charge in [0.2, 0.25) is 17.7 Å². The normalized spacial score (nSPS) is 15.4. The summed E-state index contributed by atoms with van der Waals surface area (Å²) in [6.45, 7) is 3.85. The Labute approximate surface area is 168 Å². The van der Waals surface area contributed by atoms with Gasteiger partial charge in [-0.1, -0.05) is 24.3 Å². The maximum absolute atomic E-state index is 12.5. The Morgan fingerprint density at radius 2 is 1.89 bits per heavy atom. The number of para-hydroxylation sites is 1. The van der Waals surface area contributed by atoms with Crippen LogP contribution >= 0.6 is 11.8 Å². The highest BCUT2D eigenvalue weighted by Gasteiger charge is 2.30. The molecular formula is C21H23N3O3S. The molecule has 0 radical (unpaired) electrons. The van der Waals surface area contributed by atoms with Crippen LogP contribution < -0.4 is 10.6 Å². The van der Waals surface area contributed by atoms with Gasteiger partial charge in [0, 0.05) is 24.1 Å². The molecular weight excluding hydrogens is 374 g/mol. The van der Waals surface area contributed by atoms with E-state index in [1.54, 1.807) is 7.05 Å². The zero-order valence-corrected chi connectivity index (χ0v) is 16.9. The summed E-state index contributed by atoms with van der Waals surface area (Å²) in [6, 6.07) is 13.2. The third kappa shape index (κ3) is 4.54. The van der Waals surface area contributed by atoms with Crippen LogP contribution in [-0.2, 0) is 14.4 Å². The Morgan fingerprint density at radius 3 is 2.68 bits per heavy atom. The van der Waals surface area contributed by atoms with Crippen molar-refractivity contribution in [2.24, 2.45) is 0 Å². The summed E-state index contributed by atoms with van der Waals surface area (Å²) in [5.41, 5.74) is 3.59. The molecule has 1 atom stereocenters. The second kappa shape index (κ2) is 8.48. The molecule has 146 valence electrons. The predicted octanol–water partition coefficient (Wildman–Crippen LogP) is 3.20. The fourth-order valence-electron chi connectivity index (χ4n) is 2.92. The Morgan fingerprint density at radius 1 is 1.14 bits per heavy atom. The van der Waals surface area contributed by atoms with Gasteiger partial charge in [-0.3, -0.25) is 14.4 Å². The second-order valence-corrected chi connectivity index (χ2v) is 8.09. The number of carbonyl (C=O) groups excluding carboxylic acids is 3. The van der Waals surface area contributed by atoms with Crippen molar-refractivity contribution < 1.29 is 14.4 Å². The van der Waals surface area contributed by atoms with Crippen molar-refractivity contribution in [2.45, 2.75) is 30.4 Å². The van der Waals surface area contributed by atoms with E-state index in [2.05, 4.69) is 10.6 Å². The van der Waals surface area contributed by atoms with Crippen molar-refractivity contribution >= 4 is 40.9 Å². The van der Waals surface area contributed by atoms with Gasteiger partial charge in [0.1, 0.15) is 0 Å². The lowest BCUT2D eigenvalue weighted by atomic mass is 10.1. The van der Waals surface area contributed by atoms with E-state index >= 15 is 0 Å². The quantitative estimate of drug-likeness (QED) is 0.812. The minimum Gasteiger partial charge on any atom is -0.336 e. The first-order valence-electron chi connectivity index (χ1n) is 9.01. The summed E-state index contributed by atoms with van der Waals surface area (Å²) in [6.07, 6.45) is 0.0398. The Balaban J connectivity index is 1.56. The third-order valence-corrected chi connectivity index (χ3v) is 6.03. The van der Waals surface area contributed by atoms with Crippen LogP contribution in [0.15, 0.2) is 47.4 Å². The van der Waals surface area contributed by atoms with Gasteiger partial charge in [-0.25, -0.2) is 0 Å². The number of thioether (sulfide) groups is 1. The van der Waals surface area contributed by atoms with E-state index in [0.717, 1.165) is 27.4 Å². The molecule has 3 amide bonds. The minimum absolute atomic E-state index is 0.0398. The molecule has 0 saturated heterocycles. The zero-order valence-electron chi connectivity index (χ0n) is 16.1.